The highest BCUT2D eigenvalue weighted by atomic mass is 79.9. The van der Waals surface area contributed by atoms with E-state index in [1.165, 1.54) is 0 Å². The van der Waals surface area contributed by atoms with Crippen molar-refractivity contribution in [3.8, 4) is 0 Å². The molecule has 0 amide bonds. The van der Waals surface area contributed by atoms with E-state index >= 15 is 0 Å². The number of benzene rings is 1. The van der Waals surface area contributed by atoms with Gasteiger partial charge < -0.3 is 5.11 Å². The molecular weight excluding hydrogens is 318 g/mol. The quantitative estimate of drug-likeness (QED) is 0.885. The third kappa shape index (κ3) is 2.77. The standard InChI is InChI=1S/C12H16BrNO3S/c13-10-5-1-2-6-11(10)18(16,17)14-12(9-15)7-3-4-8-12/h1-2,5-6,14-15H,3-4,7-9H2. The number of rotatable bonds is 4. The van der Waals surface area contributed by atoms with E-state index in [1.54, 1.807) is 24.3 Å². The van der Waals surface area contributed by atoms with Crippen LogP contribution in [0.5, 0.6) is 0 Å². The van der Waals surface area contributed by atoms with E-state index in [2.05, 4.69) is 20.7 Å². The van der Waals surface area contributed by atoms with Crippen molar-refractivity contribution >= 4 is 26.0 Å². The molecule has 1 aliphatic rings. The molecule has 2 rings (SSSR count). The molecule has 0 bridgehead atoms. The maximum Gasteiger partial charge on any atom is 0.242 e. The Morgan fingerprint density at radius 2 is 1.89 bits per heavy atom. The molecule has 18 heavy (non-hydrogen) atoms. The van der Waals surface area contributed by atoms with Gasteiger partial charge in [0, 0.05) is 4.47 Å². The molecular formula is C12H16BrNO3S. The van der Waals surface area contributed by atoms with E-state index < -0.39 is 15.6 Å². The summed E-state index contributed by atoms with van der Waals surface area (Å²) in [5.41, 5.74) is -0.686. The average molecular weight is 334 g/mol. The van der Waals surface area contributed by atoms with Crippen molar-refractivity contribution in [2.45, 2.75) is 36.1 Å². The van der Waals surface area contributed by atoms with Crippen LogP contribution in [-0.4, -0.2) is 25.7 Å². The molecule has 1 saturated carbocycles. The van der Waals surface area contributed by atoms with E-state index in [1.807, 2.05) is 0 Å². The van der Waals surface area contributed by atoms with Crippen LogP contribution in [0.3, 0.4) is 0 Å². The summed E-state index contributed by atoms with van der Waals surface area (Å²) < 4.78 is 27.8. The van der Waals surface area contributed by atoms with E-state index in [9.17, 15) is 13.5 Å². The van der Waals surface area contributed by atoms with Gasteiger partial charge >= 0.3 is 0 Å². The topological polar surface area (TPSA) is 66.4 Å². The van der Waals surface area contributed by atoms with Gasteiger partial charge in [0.1, 0.15) is 0 Å². The van der Waals surface area contributed by atoms with Gasteiger partial charge in [-0.1, -0.05) is 25.0 Å². The summed E-state index contributed by atoms with van der Waals surface area (Å²) in [6.45, 7) is -0.156. The number of nitrogens with one attached hydrogen (secondary N) is 1. The Balaban J connectivity index is 2.30. The SMILES string of the molecule is O=S(=O)(NC1(CO)CCCC1)c1ccccc1Br. The van der Waals surface area contributed by atoms with Gasteiger partial charge in [0.05, 0.1) is 17.0 Å². The fourth-order valence-corrected chi connectivity index (χ4v) is 4.80. The van der Waals surface area contributed by atoms with Gasteiger partial charge in [-0.15, -0.1) is 0 Å². The highest BCUT2D eigenvalue weighted by molar-refractivity contribution is 9.10. The molecule has 2 N–H and O–H groups in total. The molecule has 0 atom stereocenters. The smallest absolute Gasteiger partial charge is 0.242 e. The Morgan fingerprint density at radius 1 is 1.28 bits per heavy atom. The Bertz CT molecular complexity index is 524. The lowest BCUT2D eigenvalue weighted by Gasteiger charge is -2.27. The number of halogens is 1. The van der Waals surface area contributed by atoms with Gasteiger partial charge in [0.2, 0.25) is 10.0 Å². The van der Waals surface area contributed by atoms with Crippen molar-refractivity contribution in [1.29, 1.82) is 0 Å². The second kappa shape index (κ2) is 5.28. The van der Waals surface area contributed by atoms with Crippen LogP contribution < -0.4 is 4.72 Å². The minimum atomic E-state index is -3.60. The number of aliphatic hydroxyl groups excluding tert-OH is 1. The largest absolute Gasteiger partial charge is 0.394 e. The van der Waals surface area contributed by atoms with Gasteiger partial charge in [-0.05, 0) is 40.9 Å². The second-order valence-corrected chi connectivity index (χ2v) is 7.19. The molecule has 1 aromatic rings. The molecule has 6 heteroatoms. The molecule has 1 fully saturated rings. The van der Waals surface area contributed by atoms with Crippen LogP contribution in [0, 0.1) is 0 Å². The molecule has 0 aromatic heterocycles. The van der Waals surface area contributed by atoms with Crippen LogP contribution in [0.2, 0.25) is 0 Å². The zero-order valence-electron chi connectivity index (χ0n) is 9.89. The first-order chi connectivity index (χ1) is 8.49. The molecule has 0 radical (unpaired) electrons. The number of sulfonamides is 1. The van der Waals surface area contributed by atoms with Crippen LogP contribution >= 0.6 is 15.9 Å². The lowest BCUT2D eigenvalue weighted by atomic mass is 10.0. The average Bonchev–Trinajstić information content (AvgIpc) is 2.78. The Morgan fingerprint density at radius 3 is 2.44 bits per heavy atom. The van der Waals surface area contributed by atoms with E-state index in [0.29, 0.717) is 17.3 Å². The third-order valence-electron chi connectivity index (χ3n) is 3.34. The summed E-state index contributed by atoms with van der Waals surface area (Å²) >= 11 is 3.24. The third-order valence-corrected chi connectivity index (χ3v) is 5.93. The van der Waals surface area contributed by atoms with E-state index in [4.69, 9.17) is 0 Å². The predicted molar refractivity (Wildman–Crippen MR) is 72.7 cm³/mol. The molecule has 1 aliphatic carbocycles. The normalized spacial score (nSPS) is 19.0. The predicted octanol–water partition coefficient (Wildman–Crippen LogP) is 2.03. The fraction of sp³-hybridized carbons (Fsp3) is 0.500. The summed E-state index contributed by atoms with van der Waals surface area (Å²) in [4.78, 5) is 0.213. The molecule has 100 valence electrons. The van der Waals surface area contributed by atoms with Crippen molar-refractivity contribution < 1.29 is 13.5 Å². The lowest BCUT2D eigenvalue weighted by Crippen LogP contribution is -2.49. The Kier molecular flexibility index (Phi) is 4.11. The molecule has 0 heterocycles. The first-order valence-corrected chi connectivity index (χ1v) is 8.16. The maximum atomic E-state index is 12.3. The van der Waals surface area contributed by atoms with Crippen LogP contribution in [0.15, 0.2) is 33.6 Å². The molecule has 0 aliphatic heterocycles. The summed E-state index contributed by atoms with van der Waals surface area (Å²) in [5, 5.41) is 9.46. The van der Waals surface area contributed by atoms with Crippen LogP contribution in [0.4, 0.5) is 0 Å². The van der Waals surface area contributed by atoms with Crippen molar-refractivity contribution in [3.05, 3.63) is 28.7 Å². The van der Waals surface area contributed by atoms with E-state index in [-0.39, 0.29) is 11.5 Å². The van der Waals surface area contributed by atoms with Gasteiger partial charge in [-0.2, -0.15) is 0 Å². The monoisotopic (exact) mass is 333 g/mol. The summed E-state index contributed by atoms with van der Waals surface area (Å²) in [6.07, 6.45) is 3.26. The number of hydrogen-bond acceptors (Lipinski definition) is 3. The highest BCUT2D eigenvalue weighted by Crippen LogP contribution is 2.32. The zero-order valence-corrected chi connectivity index (χ0v) is 12.3. The summed E-state index contributed by atoms with van der Waals surface area (Å²) in [5.74, 6) is 0. The first-order valence-electron chi connectivity index (χ1n) is 5.88. The van der Waals surface area contributed by atoms with Crippen LogP contribution in [-0.2, 0) is 10.0 Å². The first kappa shape index (κ1) is 14.0. The van der Waals surface area contributed by atoms with Crippen molar-refractivity contribution in [2.75, 3.05) is 6.61 Å². The highest BCUT2D eigenvalue weighted by Gasteiger charge is 2.37. The Hall–Kier alpha value is -0.430. The summed E-state index contributed by atoms with van der Waals surface area (Å²) in [7, 11) is -3.60. The van der Waals surface area contributed by atoms with Crippen LogP contribution in [0.25, 0.3) is 0 Å². The fourth-order valence-electron chi connectivity index (χ4n) is 2.35. The number of hydrogen-bond donors (Lipinski definition) is 2. The minimum Gasteiger partial charge on any atom is -0.394 e. The van der Waals surface area contributed by atoms with Crippen molar-refractivity contribution in [1.82, 2.24) is 4.72 Å². The molecule has 1 aromatic carbocycles. The second-order valence-electron chi connectivity index (χ2n) is 4.68. The van der Waals surface area contributed by atoms with Crippen molar-refractivity contribution in [2.24, 2.45) is 0 Å². The van der Waals surface area contributed by atoms with Gasteiger partial charge in [-0.25, -0.2) is 13.1 Å². The Labute approximate surface area is 116 Å². The van der Waals surface area contributed by atoms with Gasteiger partial charge in [0.15, 0.2) is 0 Å². The lowest BCUT2D eigenvalue weighted by molar-refractivity contribution is 0.185. The molecule has 0 unspecified atom stereocenters. The summed E-state index contributed by atoms with van der Waals surface area (Å²) in [6, 6.07) is 6.68. The minimum absolute atomic E-state index is 0.156. The van der Waals surface area contributed by atoms with Crippen molar-refractivity contribution in [3.63, 3.8) is 0 Å². The number of aliphatic hydroxyl groups is 1. The van der Waals surface area contributed by atoms with Gasteiger partial charge in [0.25, 0.3) is 0 Å². The maximum absolute atomic E-state index is 12.3. The van der Waals surface area contributed by atoms with E-state index in [0.717, 1.165) is 12.8 Å². The molecule has 0 saturated heterocycles. The zero-order chi connectivity index (χ0) is 13.2. The van der Waals surface area contributed by atoms with Crippen LogP contribution in [0.1, 0.15) is 25.7 Å². The molecule has 0 spiro atoms. The molecule has 4 nitrogen and oxygen atoms in total. The van der Waals surface area contributed by atoms with Gasteiger partial charge in [-0.3, -0.25) is 0 Å².